The van der Waals surface area contributed by atoms with Crippen LogP contribution in [0.4, 0.5) is 5.69 Å². The Kier molecular flexibility index (Phi) is 6.65. The Balaban J connectivity index is 1.63. The summed E-state index contributed by atoms with van der Waals surface area (Å²) in [6, 6.07) is 13.1. The summed E-state index contributed by atoms with van der Waals surface area (Å²) in [6.45, 7) is 4.27. The molecule has 28 heavy (non-hydrogen) atoms. The summed E-state index contributed by atoms with van der Waals surface area (Å²) >= 11 is 13.5. The van der Waals surface area contributed by atoms with Gasteiger partial charge in [-0.15, -0.1) is 10.2 Å². The Morgan fingerprint density at radius 3 is 2.50 bits per heavy atom. The quantitative estimate of drug-likeness (QED) is 0.509. The van der Waals surface area contributed by atoms with Crippen LogP contribution in [0.5, 0.6) is 0 Å². The predicted octanol–water partition coefficient (Wildman–Crippen LogP) is 5.64. The Morgan fingerprint density at radius 2 is 1.86 bits per heavy atom. The lowest BCUT2D eigenvalue weighted by molar-refractivity contribution is -0.113. The topological polar surface area (TPSA) is 59.8 Å². The van der Waals surface area contributed by atoms with E-state index in [0.717, 1.165) is 11.3 Å². The number of hydrogen-bond donors (Lipinski definition) is 1. The zero-order valence-corrected chi connectivity index (χ0v) is 18.1. The van der Waals surface area contributed by atoms with Crippen LogP contribution in [-0.2, 0) is 11.8 Å². The second-order valence-corrected chi connectivity index (χ2v) is 8.39. The lowest BCUT2D eigenvalue weighted by Crippen LogP contribution is -2.14. The van der Waals surface area contributed by atoms with E-state index in [1.54, 1.807) is 18.2 Å². The molecule has 2 aromatic carbocycles. The highest BCUT2D eigenvalue weighted by molar-refractivity contribution is 7.99. The van der Waals surface area contributed by atoms with Gasteiger partial charge in [0.1, 0.15) is 0 Å². The number of amides is 1. The fourth-order valence-corrected chi connectivity index (χ4v) is 3.83. The van der Waals surface area contributed by atoms with Crippen molar-refractivity contribution in [3.8, 4) is 11.4 Å². The number of nitrogens with zero attached hydrogens (tertiary/aromatic N) is 3. The van der Waals surface area contributed by atoms with Gasteiger partial charge in [0.05, 0.1) is 10.8 Å². The molecule has 0 unspecified atom stereocenters. The van der Waals surface area contributed by atoms with Crippen LogP contribution in [0.2, 0.25) is 10.0 Å². The van der Waals surface area contributed by atoms with Crippen molar-refractivity contribution in [3.63, 3.8) is 0 Å². The van der Waals surface area contributed by atoms with Crippen molar-refractivity contribution < 1.29 is 4.79 Å². The summed E-state index contributed by atoms with van der Waals surface area (Å²) in [5.41, 5.74) is 2.75. The normalized spacial score (nSPS) is 11.1. The molecule has 1 aromatic heterocycles. The van der Waals surface area contributed by atoms with Gasteiger partial charge in [-0.1, -0.05) is 60.9 Å². The van der Waals surface area contributed by atoms with E-state index in [1.165, 1.54) is 17.3 Å². The molecule has 5 nitrogen and oxygen atoms in total. The number of carbonyl (C=O) groups is 1. The molecule has 0 bridgehead atoms. The molecular formula is C20H20Cl2N4OS. The van der Waals surface area contributed by atoms with Gasteiger partial charge in [0.2, 0.25) is 5.91 Å². The van der Waals surface area contributed by atoms with E-state index in [1.807, 2.05) is 35.9 Å². The lowest BCUT2D eigenvalue weighted by Gasteiger charge is -2.08. The van der Waals surface area contributed by atoms with Crippen LogP contribution in [0, 0.1) is 0 Å². The molecular weight excluding hydrogens is 415 g/mol. The molecule has 0 saturated carbocycles. The maximum atomic E-state index is 12.3. The third-order valence-corrected chi connectivity index (χ3v) is 5.77. The number of hydrogen-bond acceptors (Lipinski definition) is 4. The number of rotatable bonds is 6. The third-order valence-electron chi connectivity index (χ3n) is 4.20. The standard InChI is InChI=1S/C20H20Cl2N4OS/c1-12(2)13-4-7-15(8-5-13)23-18(27)11-28-20-25-24-19(26(20)3)16-9-6-14(21)10-17(16)22/h4-10,12H,11H2,1-3H3,(H,23,27). The minimum Gasteiger partial charge on any atom is -0.325 e. The van der Waals surface area contributed by atoms with Crippen LogP contribution < -0.4 is 5.32 Å². The van der Waals surface area contributed by atoms with Gasteiger partial charge in [0.15, 0.2) is 11.0 Å². The maximum Gasteiger partial charge on any atom is 0.234 e. The van der Waals surface area contributed by atoms with E-state index in [2.05, 4.69) is 29.4 Å². The molecule has 1 N–H and O–H groups in total. The molecule has 8 heteroatoms. The lowest BCUT2D eigenvalue weighted by atomic mass is 10.0. The minimum atomic E-state index is -0.101. The number of aromatic nitrogens is 3. The highest BCUT2D eigenvalue weighted by Crippen LogP contribution is 2.30. The van der Waals surface area contributed by atoms with Gasteiger partial charge in [0.25, 0.3) is 0 Å². The molecule has 1 amide bonds. The van der Waals surface area contributed by atoms with E-state index in [9.17, 15) is 4.79 Å². The number of benzene rings is 2. The zero-order valence-electron chi connectivity index (χ0n) is 15.7. The van der Waals surface area contributed by atoms with E-state index < -0.39 is 0 Å². The number of carbonyl (C=O) groups excluding carboxylic acids is 1. The summed E-state index contributed by atoms with van der Waals surface area (Å²) < 4.78 is 1.81. The Labute approximate surface area is 178 Å². The number of anilines is 1. The van der Waals surface area contributed by atoms with Crippen molar-refractivity contribution in [3.05, 3.63) is 58.1 Å². The van der Waals surface area contributed by atoms with E-state index in [4.69, 9.17) is 23.2 Å². The highest BCUT2D eigenvalue weighted by Gasteiger charge is 2.15. The first-order valence-electron chi connectivity index (χ1n) is 8.72. The molecule has 0 fully saturated rings. The Hall–Kier alpha value is -2.02. The van der Waals surface area contributed by atoms with Gasteiger partial charge in [-0.3, -0.25) is 4.79 Å². The SMILES string of the molecule is CC(C)c1ccc(NC(=O)CSc2nnc(-c3ccc(Cl)cc3Cl)n2C)cc1. The van der Waals surface area contributed by atoms with Gasteiger partial charge < -0.3 is 9.88 Å². The number of halogens is 2. The maximum absolute atomic E-state index is 12.3. The molecule has 0 aliphatic heterocycles. The van der Waals surface area contributed by atoms with Crippen LogP contribution in [0.3, 0.4) is 0 Å². The van der Waals surface area contributed by atoms with Crippen LogP contribution in [-0.4, -0.2) is 26.4 Å². The van der Waals surface area contributed by atoms with Gasteiger partial charge in [-0.25, -0.2) is 0 Å². The summed E-state index contributed by atoms with van der Waals surface area (Å²) in [5, 5.41) is 13.0. The van der Waals surface area contributed by atoms with Crippen molar-refractivity contribution in [2.75, 3.05) is 11.1 Å². The molecule has 0 aliphatic rings. The molecule has 0 atom stereocenters. The van der Waals surface area contributed by atoms with Crippen molar-refractivity contribution in [2.45, 2.75) is 24.9 Å². The highest BCUT2D eigenvalue weighted by atomic mass is 35.5. The first kappa shape index (κ1) is 20.7. The fourth-order valence-electron chi connectivity index (χ4n) is 2.62. The average Bonchev–Trinajstić information content (AvgIpc) is 3.01. The summed E-state index contributed by atoms with van der Waals surface area (Å²) in [4.78, 5) is 12.3. The second kappa shape index (κ2) is 8.99. The first-order valence-corrected chi connectivity index (χ1v) is 10.5. The van der Waals surface area contributed by atoms with Crippen LogP contribution in [0.1, 0.15) is 25.3 Å². The van der Waals surface area contributed by atoms with Crippen molar-refractivity contribution in [1.29, 1.82) is 0 Å². The van der Waals surface area contributed by atoms with Gasteiger partial charge >= 0.3 is 0 Å². The fraction of sp³-hybridized carbons (Fsp3) is 0.250. The predicted molar refractivity (Wildman–Crippen MR) is 116 cm³/mol. The van der Waals surface area contributed by atoms with Gasteiger partial charge in [-0.2, -0.15) is 0 Å². The summed E-state index contributed by atoms with van der Waals surface area (Å²) in [5.74, 6) is 1.21. The first-order chi connectivity index (χ1) is 13.3. The molecule has 0 radical (unpaired) electrons. The molecule has 0 spiro atoms. The van der Waals surface area contributed by atoms with Crippen molar-refractivity contribution in [2.24, 2.45) is 7.05 Å². The number of nitrogens with one attached hydrogen (secondary N) is 1. The Bertz CT molecular complexity index is 986. The monoisotopic (exact) mass is 434 g/mol. The molecule has 146 valence electrons. The zero-order chi connectivity index (χ0) is 20.3. The summed E-state index contributed by atoms with van der Waals surface area (Å²) in [6.07, 6.45) is 0. The molecule has 3 aromatic rings. The smallest absolute Gasteiger partial charge is 0.234 e. The molecule has 0 aliphatic carbocycles. The van der Waals surface area contributed by atoms with Gasteiger partial charge in [0, 0.05) is 23.3 Å². The minimum absolute atomic E-state index is 0.101. The van der Waals surface area contributed by atoms with Gasteiger partial charge in [-0.05, 0) is 41.8 Å². The molecule has 0 saturated heterocycles. The third kappa shape index (κ3) is 4.87. The van der Waals surface area contributed by atoms with E-state index in [0.29, 0.717) is 26.9 Å². The van der Waals surface area contributed by atoms with E-state index >= 15 is 0 Å². The molecule has 3 rings (SSSR count). The average molecular weight is 435 g/mol. The van der Waals surface area contributed by atoms with E-state index in [-0.39, 0.29) is 11.7 Å². The summed E-state index contributed by atoms with van der Waals surface area (Å²) in [7, 11) is 1.84. The second-order valence-electron chi connectivity index (χ2n) is 6.60. The van der Waals surface area contributed by atoms with Crippen molar-refractivity contribution >= 4 is 46.6 Å². The van der Waals surface area contributed by atoms with Crippen LogP contribution >= 0.6 is 35.0 Å². The largest absolute Gasteiger partial charge is 0.325 e. The molecule has 1 heterocycles. The van der Waals surface area contributed by atoms with Crippen molar-refractivity contribution in [1.82, 2.24) is 14.8 Å². The Morgan fingerprint density at radius 1 is 1.14 bits per heavy atom. The number of thioether (sulfide) groups is 1. The van der Waals surface area contributed by atoms with Crippen LogP contribution in [0.15, 0.2) is 47.6 Å². The van der Waals surface area contributed by atoms with Crippen LogP contribution in [0.25, 0.3) is 11.4 Å².